The lowest BCUT2D eigenvalue weighted by Gasteiger charge is -2.23. The van der Waals surface area contributed by atoms with E-state index < -0.39 is 11.7 Å². The van der Waals surface area contributed by atoms with Crippen LogP contribution in [0, 0.1) is 0 Å². The number of carbonyl (C=O) groups excluding carboxylic acids is 1. The second kappa shape index (κ2) is 9.79. The molecule has 1 aliphatic rings. The number of hydrogen-bond donors (Lipinski definition) is 1. The third-order valence-corrected chi connectivity index (χ3v) is 6.02. The molecule has 8 heteroatoms. The molecule has 1 aliphatic heterocycles. The molecule has 3 aromatic rings. The first-order chi connectivity index (χ1) is 15.8. The number of nitrogens with one attached hydrogen (secondary N) is 1. The average molecular weight is 457 g/mol. The van der Waals surface area contributed by atoms with E-state index in [1.54, 1.807) is 0 Å². The van der Waals surface area contributed by atoms with Gasteiger partial charge >= 0.3 is 6.18 Å². The standard InChI is InChI=1S/C25H27F3N4O/c1-18(21-9-4-7-19-6-2-3-8-22(19)21)30-24(33)17-31-12-5-13-32(15-14-31)23-11-10-20(16-29-23)25(26,27)28/h2-4,6-11,16,18H,5,12-15,17H2,1H3,(H,30,33). The summed E-state index contributed by atoms with van der Waals surface area (Å²) in [5, 5.41) is 5.37. The SMILES string of the molecule is CC(NC(=O)CN1CCCN(c2ccc(C(F)(F)F)cn2)CC1)c1cccc2ccccc12. The van der Waals surface area contributed by atoms with E-state index in [-0.39, 0.29) is 18.5 Å². The number of fused-ring (bicyclic) bond motifs is 1. The summed E-state index contributed by atoms with van der Waals surface area (Å²) in [5.74, 6) is 0.482. The smallest absolute Gasteiger partial charge is 0.355 e. The summed E-state index contributed by atoms with van der Waals surface area (Å²) in [5.41, 5.74) is 0.330. The lowest BCUT2D eigenvalue weighted by Crippen LogP contribution is -2.40. The largest absolute Gasteiger partial charge is 0.417 e. The highest BCUT2D eigenvalue weighted by Crippen LogP contribution is 2.29. The second-order valence-corrected chi connectivity index (χ2v) is 8.38. The van der Waals surface area contributed by atoms with Crippen molar-refractivity contribution >= 4 is 22.5 Å². The summed E-state index contributed by atoms with van der Waals surface area (Å²) >= 11 is 0. The fourth-order valence-corrected chi connectivity index (χ4v) is 4.29. The van der Waals surface area contributed by atoms with Gasteiger partial charge in [0.05, 0.1) is 18.2 Å². The number of hydrogen-bond acceptors (Lipinski definition) is 4. The number of alkyl halides is 3. The molecule has 33 heavy (non-hydrogen) atoms. The Labute approximate surface area is 191 Å². The predicted octanol–water partition coefficient (Wildman–Crippen LogP) is 4.64. The quantitative estimate of drug-likeness (QED) is 0.608. The molecule has 2 heterocycles. The first kappa shape index (κ1) is 23.0. The molecule has 0 bridgehead atoms. The summed E-state index contributed by atoms with van der Waals surface area (Å²) < 4.78 is 38.3. The van der Waals surface area contributed by atoms with Gasteiger partial charge in [-0.2, -0.15) is 13.2 Å². The van der Waals surface area contributed by atoms with Gasteiger partial charge in [0.25, 0.3) is 0 Å². The maximum Gasteiger partial charge on any atom is 0.417 e. The molecular weight excluding hydrogens is 429 g/mol. The van der Waals surface area contributed by atoms with Gasteiger partial charge in [-0.25, -0.2) is 4.98 Å². The first-order valence-corrected chi connectivity index (χ1v) is 11.1. The number of anilines is 1. The minimum Gasteiger partial charge on any atom is -0.355 e. The number of benzene rings is 2. The third kappa shape index (κ3) is 5.63. The molecule has 1 unspecified atom stereocenters. The van der Waals surface area contributed by atoms with E-state index in [9.17, 15) is 18.0 Å². The van der Waals surface area contributed by atoms with Gasteiger partial charge in [0.15, 0.2) is 0 Å². The average Bonchev–Trinajstić information content (AvgIpc) is 3.03. The molecule has 0 aliphatic carbocycles. The number of halogens is 3. The Hall–Kier alpha value is -3.13. The van der Waals surface area contributed by atoms with E-state index in [0.29, 0.717) is 25.5 Å². The lowest BCUT2D eigenvalue weighted by atomic mass is 10.00. The normalized spacial score (nSPS) is 16.4. The monoisotopic (exact) mass is 456 g/mol. The molecule has 1 atom stereocenters. The van der Waals surface area contributed by atoms with E-state index >= 15 is 0 Å². The van der Waals surface area contributed by atoms with Gasteiger partial charge in [0.1, 0.15) is 5.82 Å². The molecular formula is C25H27F3N4O. The minimum absolute atomic E-state index is 0.0449. The summed E-state index contributed by atoms with van der Waals surface area (Å²) in [6.45, 7) is 4.93. The van der Waals surface area contributed by atoms with Crippen molar-refractivity contribution in [1.82, 2.24) is 15.2 Å². The summed E-state index contributed by atoms with van der Waals surface area (Å²) in [6.07, 6.45) is -2.72. The molecule has 4 rings (SSSR count). The van der Waals surface area contributed by atoms with Crippen LogP contribution in [-0.2, 0) is 11.0 Å². The number of nitrogens with zero attached hydrogens (tertiary/aromatic N) is 3. The van der Waals surface area contributed by atoms with Crippen molar-refractivity contribution in [2.45, 2.75) is 25.6 Å². The zero-order chi connectivity index (χ0) is 23.4. The summed E-state index contributed by atoms with van der Waals surface area (Å²) in [4.78, 5) is 20.8. The van der Waals surface area contributed by atoms with E-state index in [2.05, 4.69) is 33.4 Å². The predicted molar refractivity (Wildman–Crippen MR) is 123 cm³/mol. The van der Waals surface area contributed by atoms with Gasteiger partial charge in [0.2, 0.25) is 5.91 Å². The van der Waals surface area contributed by atoms with Gasteiger partial charge in [-0.05, 0) is 41.8 Å². The van der Waals surface area contributed by atoms with Crippen molar-refractivity contribution in [3.8, 4) is 0 Å². The highest BCUT2D eigenvalue weighted by atomic mass is 19.4. The molecule has 1 fully saturated rings. The maximum atomic E-state index is 12.8. The van der Waals surface area contributed by atoms with Crippen molar-refractivity contribution in [1.29, 1.82) is 0 Å². The fraction of sp³-hybridized carbons (Fsp3) is 0.360. The van der Waals surface area contributed by atoms with Crippen molar-refractivity contribution in [3.63, 3.8) is 0 Å². The molecule has 5 nitrogen and oxygen atoms in total. The van der Waals surface area contributed by atoms with Crippen LogP contribution in [0.3, 0.4) is 0 Å². The Morgan fingerprint density at radius 2 is 1.82 bits per heavy atom. The minimum atomic E-state index is -4.39. The van der Waals surface area contributed by atoms with E-state index in [1.165, 1.54) is 6.07 Å². The lowest BCUT2D eigenvalue weighted by molar-refractivity contribution is -0.137. The van der Waals surface area contributed by atoms with E-state index in [0.717, 1.165) is 41.6 Å². The van der Waals surface area contributed by atoms with Gasteiger partial charge in [0, 0.05) is 32.4 Å². The van der Waals surface area contributed by atoms with Crippen molar-refractivity contribution in [2.24, 2.45) is 0 Å². The van der Waals surface area contributed by atoms with Crippen LogP contribution in [0.25, 0.3) is 10.8 Å². The highest BCUT2D eigenvalue weighted by molar-refractivity contribution is 5.87. The fourth-order valence-electron chi connectivity index (χ4n) is 4.29. The number of aromatic nitrogens is 1. The van der Waals surface area contributed by atoms with Crippen LogP contribution < -0.4 is 10.2 Å². The van der Waals surface area contributed by atoms with Gasteiger partial charge < -0.3 is 10.2 Å². The Morgan fingerprint density at radius 1 is 1.03 bits per heavy atom. The Balaban J connectivity index is 1.33. The molecule has 2 aromatic carbocycles. The maximum absolute atomic E-state index is 12.8. The Kier molecular flexibility index (Phi) is 6.83. The van der Waals surface area contributed by atoms with Crippen LogP contribution >= 0.6 is 0 Å². The molecule has 1 N–H and O–H groups in total. The number of rotatable bonds is 5. The zero-order valence-electron chi connectivity index (χ0n) is 18.5. The van der Waals surface area contributed by atoms with Crippen LogP contribution in [0.2, 0.25) is 0 Å². The van der Waals surface area contributed by atoms with Gasteiger partial charge in [-0.3, -0.25) is 9.69 Å². The number of pyridine rings is 1. The molecule has 0 spiro atoms. The van der Waals surface area contributed by atoms with Gasteiger partial charge in [-0.15, -0.1) is 0 Å². The Bertz CT molecular complexity index is 1100. The molecule has 1 saturated heterocycles. The van der Waals surface area contributed by atoms with Crippen LogP contribution in [0.4, 0.5) is 19.0 Å². The van der Waals surface area contributed by atoms with Crippen LogP contribution in [-0.4, -0.2) is 48.5 Å². The summed E-state index contributed by atoms with van der Waals surface area (Å²) in [6, 6.07) is 16.6. The number of amides is 1. The molecule has 1 aromatic heterocycles. The number of carbonyl (C=O) groups is 1. The topological polar surface area (TPSA) is 48.5 Å². The van der Waals surface area contributed by atoms with Crippen molar-refractivity contribution in [2.75, 3.05) is 37.6 Å². The molecule has 1 amide bonds. The van der Waals surface area contributed by atoms with Crippen LogP contribution in [0.1, 0.15) is 30.5 Å². The molecule has 0 radical (unpaired) electrons. The van der Waals surface area contributed by atoms with E-state index in [4.69, 9.17) is 0 Å². The van der Waals surface area contributed by atoms with Crippen molar-refractivity contribution < 1.29 is 18.0 Å². The molecule has 0 saturated carbocycles. The Morgan fingerprint density at radius 3 is 2.58 bits per heavy atom. The second-order valence-electron chi connectivity index (χ2n) is 8.38. The van der Waals surface area contributed by atoms with Gasteiger partial charge in [-0.1, -0.05) is 42.5 Å². The van der Waals surface area contributed by atoms with Crippen LogP contribution in [0.5, 0.6) is 0 Å². The van der Waals surface area contributed by atoms with Crippen LogP contribution in [0.15, 0.2) is 60.8 Å². The first-order valence-electron chi connectivity index (χ1n) is 11.1. The highest BCUT2D eigenvalue weighted by Gasteiger charge is 2.31. The van der Waals surface area contributed by atoms with E-state index in [1.807, 2.05) is 36.1 Å². The van der Waals surface area contributed by atoms with Crippen molar-refractivity contribution in [3.05, 3.63) is 71.9 Å². The summed E-state index contributed by atoms with van der Waals surface area (Å²) in [7, 11) is 0. The zero-order valence-corrected chi connectivity index (χ0v) is 18.5. The molecule has 174 valence electrons. The third-order valence-electron chi connectivity index (χ3n) is 6.02.